The molecule has 13 heavy (non-hydrogen) atoms. The molecule has 1 atom stereocenters. The topological polar surface area (TPSA) is 33.3 Å². The molecule has 1 saturated heterocycles. The van der Waals surface area contributed by atoms with Crippen LogP contribution in [0.2, 0.25) is 0 Å². The van der Waals surface area contributed by atoms with Gasteiger partial charge in [0.15, 0.2) is 0 Å². The maximum Gasteiger partial charge on any atom is 0.0700 e. The summed E-state index contributed by atoms with van der Waals surface area (Å²) < 4.78 is 5.52. The lowest BCUT2D eigenvalue weighted by Crippen LogP contribution is -2.47. The summed E-state index contributed by atoms with van der Waals surface area (Å²) in [5.41, 5.74) is 0.179. The molecular formula is C10H22N2O. The Kier molecular flexibility index (Phi) is 4.16. The van der Waals surface area contributed by atoms with Gasteiger partial charge in [-0.3, -0.25) is 0 Å². The minimum absolute atomic E-state index is 0.179. The molecule has 1 fully saturated rings. The van der Waals surface area contributed by atoms with E-state index in [-0.39, 0.29) is 5.54 Å². The second-order valence-corrected chi connectivity index (χ2v) is 4.40. The Bertz CT molecular complexity index is 142. The van der Waals surface area contributed by atoms with Gasteiger partial charge in [-0.15, -0.1) is 0 Å². The molecule has 0 aromatic carbocycles. The standard InChI is InChI=1S/C10H22N2O/c1-10(2,11-3)8-12-7-9-5-4-6-13-9/h9,11-12H,4-8H2,1-3H3. The molecule has 1 aliphatic rings. The third kappa shape index (κ3) is 4.07. The first-order valence-corrected chi connectivity index (χ1v) is 5.15. The van der Waals surface area contributed by atoms with E-state index in [0.717, 1.165) is 19.7 Å². The van der Waals surface area contributed by atoms with Gasteiger partial charge in [0, 0.05) is 25.2 Å². The molecule has 78 valence electrons. The zero-order chi connectivity index (χ0) is 9.73. The van der Waals surface area contributed by atoms with Gasteiger partial charge in [0.2, 0.25) is 0 Å². The molecule has 3 nitrogen and oxygen atoms in total. The Balaban J connectivity index is 2.06. The highest BCUT2D eigenvalue weighted by molar-refractivity contribution is 4.79. The summed E-state index contributed by atoms with van der Waals surface area (Å²) in [6, 6.07) is 0. The summed E-state index contributed by atoms with van der Waals surface area (Å²) >= 11 is 0. The molecule has 0 spiro atoms. The quantitative estimate of drug-likeness (QED) is 0.665. The van der Waals surface area contributed by atoms with E-state index in [1.165, 1.54) is 12.8 Å². The first kappa shape index (κ1) is 11.0. The lowest BCUT2D eigenvalue weighted by molar-refractivity contribution is 0.108. The highest BCUT2D eigenvalue weighted by atomic mass is 16.5. The molecule has 1 aliphatic heterocycles. The van der Waals surface area contributed by atoms with Crippen LogP contribution >= 0.6 is 0 Å². The van der Waals surface area contributed by atoms with Gasteiger partial charge in [-0.25, -0.2) is 0 Å². The Morgan fingerprint density at radius 1 is 1.46 bits per heavy atom. The zero-order valence-electron chi connectivity index (χ0n) is 9.02. The highest BCUT2D eigenvalue weighted by Gasteiger charge is 2.17. The Morgan fingerprint density at radius 2 is 2.23 bits per heavy atom. The third-order valence-electron chi connectivity index (χ3n) is 2.64. The molecule has 0 bridgehead atoms. The monoisotopic (exact) mass is 186 g/mol. The van der Waals surface area contributed by atoms with Gasteiger partial charge in [-0.1, -0.05) is 0 Å². The van der Waals surface area contributed by atoms with Crippen molar-refractivity contribution in [2.45, 2.75) is 38.3 Å². The van der Waals surface area contributed by atoms with Crippen molar-refractivity contribution < 1.29 is 4.74 Å². The average molecular weight is 186 g/mol. The smallest absolute Gasteiger partial charge is 0.0700 e. The number of likely N-dealkylation sites (N-methyl/N-ethyl adjacent to an activating group) is 1. The molecular weight excluding hydrogens is 164 g/mol. The summed E-state index contributed by atoms with van der Waals surface area (Å²) in [5, 5.41) is 6.69. The summed E-state index contributed by atoms with van der Waals surface area (Å²) in [6.45, 7) is 7.31. The highest BCUT2D eigenvalue weighted by Crippen LogP contribution is 2.10. The van der Waals surface area contributed by atoms with Crippen molar-refractivity contribution in [2.75, 3.05) is 26.7 Å². The molecule has 0 aromatic heterocycles. The fraction of sp³-hybridized carbons (Fsp3) is 1.00. The Morgan fingerprint density at radius 3 is 2.77 bits per heavy atom. The number of nitrogens with one attached hydrogen (secondary N) is 2. The van der Waals surface area contributed by atoms with E-state index in [2.05, 4.69) is 24.5 Å². The molecule has 1 heterocycles. The fourth-order valence-electron chi connectivity index (χ4n) is 1.44. The van der Waals surface area contributed by atoms with Crippen molar-refractivity contribution in [3.8, 4) is 0 Å². The number of ether oxygens (including phenoxy) is 1. The van der Waals surface area contributed by atoms with Gasteiger partial charge in [0.25, 0.3) is 0 Å². The van der Waals surface area contributed by atoms with Crippen LogP contribution in [0.25, 0.3) is 0 Å². The fourth-order valence-corrected chi connectivity index (χ4v) is 1.44. The minimum Gasteiger partial charge on any atom is -0.377 e. The molecule has 0 aliphatic carbocycles. The van der Waals surface area contributed by atoms with Crippen LogP contribution in [0, 0.1) is 0 Å². The van der Waals surface area contributed by atoms with Crippen LogP contribution in [0.5, 0.6) is 0 Å². The predicted molar refractivity (Wildman–Crippen MR) is 55.0 cm³/mol. The molecule has 3 heteroatoms. The summed E-state index contributed by atoms with van der Waals surface area (Å²) in [5.74, 6) is 0. The number of hydrogen-bond acceptors (Lipinski definition) is 3. The van der Waals surface area contributed by atoms with Gasteiger partial charge in [0.1, 0.15) is 0 Å². The van der Waals surface area contributed by atoms with Gasteiger partial charge < -0.3 is 15.4 Å². The van der Waals surface area contributed by atoms with Crippen LogP contribution in [0.3, 0.4) is 0 Å². The molecule has 0 amide bonds. The molecule has 0 aromatic rings. The van der Waals surface area contributed by atoms with Gasteiger partial charge >= 0.3 is 0 Å². The van der Waals surface area contributed by atoms with Crippen molar-refractivity contribution in [3.63, 3.8) is 0 Å². The molecule has 1 rings (SSSR count). The second kappa shape index (κ2) is 4.94. The van der Waals surface area contributed by atoms with E-state index in [4.69, 9.17) is 4.74 Å². The summed E-state index contributed by atoms with van der Waals surface area (Å²) in [6.07, 6.45) is 2.89. The van der Waals surface area contributed by atoms with Crippen LogP contribution in [0.1, 0.15) is 26.7 Å². The van der Waals surface area contributed by atoms with Crippen LogP contribution in [-0.2, 0) is 4.74 Å². The van der Waals surface area contributed by atoms with Gasteiger partial charge in [0.05, 0.1) is 6.10 Å². The SMILES string of the molecule is CNC(C)(C)CNCC1CCCO1. The van der Waals surface area contributed by atoms with E-state index < -0.39 is 0 Å². The predicted octanol–water partition coefficient (Wildman–Crippen LogP) is 0.753. The molecule has 1 unspecified atom stereocenters. The van der Waals surface area contributed by atoms with E-state index in [1.807, 2.05) is 7.05 Å². The van der Waals surface area contributed by atoms with Crippen LogP contribution < -0.4 is 10.6 Å². The Hall–Kier alpha value is -0.120. The van der Waals surface area contributed by atoms with Gasteiger partial charge in [-0.2, -0.15) is 0 Å². The van der Waals surface area contributed by atoms with Crippen molar-refractivity contribution in [1.82, 2.24) is 10.6 Å². The lowest BCUT2D eigenvalue weighted by Gasteiger charge is -2.25. The molecule has 2 N–H and O–H groups in total. The van der Waals surface area contributed by atoms with Crippen molar-refractivity contribution in [3.05, 3.63) is 0 Å². The van der Waals surface area contributed by atoms with Crippen molar-refractivity contribution in [1.29, 1.82) is 0 Å². The largest absolute Gasteiger partial charge is 0.377 e. The Labute approximate surface area is 81.2 Å². The number of rotatable bonds is 5. The van der Waals surface area contributed by atoms with E-state index in [1.54, 1.807) is 0 Å². The van der Waals surface area contributed by atoms with Crippen molar-refractivity contribution in [2.24, 2.45) is 0 Å². The van der Waals surface area contributed by atoms with Crippen LogP contribution in [0.4, 0.5) is 0 Å². The molecule has 0 radical (unpaired) electrons. The molecule has 0 saturated carbocycles. The first-order chi connectivity index (χ1) is 6.14. The van der Waals surface area contributed by atoms with Crippen molar-refractivity contribution >= 4 is 0 Å². The van der Waals surface area contributed by atoms with E-state index in [9.17, 15) is 0 Å². The average Bonchev–Trinajstić information content (AvgIpc) is 2.57. The number of hydrogen-bond donors (Lipinski definition) is 2. The normalized spacial score (nSPS) is 23.8. The lowest BCUT2D eigenvalue weighted by atomic mass is 10.1. The van der Waals surface area contributed by atoms with E-state index >= 15 is 0 Å². The zero-order valence-corrected chi connectivity index (χ0v) is 9.02. The van der Waals surface area contributed by atoms with E-state index in [0.29, 0.717) is 6.10 Å². The van der Waals surface area contributed by atoms with Crippen LogP contribution in [-0.4, -0.2) is 38.4 Å². The minimum atomic E-state index is 0.179. The summed E-state index contributed by atoms with van der Waals surface area (Å²) in [7, 11) is 1.99. The third-order valence-corrected chi connectivity index (χ3v) is 2.64. The van der Waals surface area contributed by atoms with Crippen LogP contribution in [0.15, 0.2) is 0 Å². The maximum absolute atomic E-state index is 5.52. The van der Waals surface area contributed by atoms with Gasteiger partial charge in [-0.05, 0) is 33.7 Å². The summed E-state index contributed by atoms with van der Waals surface area (Å²) in [4.78, 5) is 0. The maximum atomic E-state index is 5.52. The first-order valence-electron chi connectivity index (χ1n) is 5.15. The second-order valence-electron chi connectivity index (χ2n) is 4.40.